The highest BCUT2D eigenvalue weighted by atomic mass is 16.1. The zero-order valence-electron chi connectivity index (χ0n) is 12.8. The van der Waals surface area contributed by atoms with Crippen molar-refractivity contribution in [2.75, 3.05) is 5.43 Å². The number of aromatic amines is 1. The highest BCUT2D eigenvalue weighted by Gasteiger charge is 1.99. The molecule has 0 spiro atoms. The van der Waals surface area contributed by atoms with Crippen molar-refractivity contribution in [3.8, 4) is 0 Å². The second-order valence-corrected chi connectivity index (χ2v) is 5.00. The van der Waals surface area contributed by atoms with Gasteiger partial charge in [0.1, 0.15) is 0 Å². The van der Waals surface area contributed by atoms with E-state index in [4.69, 9.17) is 0 Å². The molecule has 0 saturated heterocycles. The van der Waals surface area contributed by atoms with E-state index in [2.05, 4.69) is 20.5 Å². The number of aromatic nitrogens is 2. The SMILES string of the molecule is CCCc1cc(=O)[nH]c(NN=CC(C)=Cc2ccccc2)n1. The number of nitrogens with zero attached hydrogens (tertiary/aromatic N) is 2. The van der Waals surface area contributed by atoms with Gasteiger partial charge in [0.25, 0.3) is 5.56 Å². The Morgan fingerprint density at radius 3 is 2.86 bits per heavy atom. The molecular weight excluding hydrogens is 276 g/mol. The average Bonchev–Trinajstić information content (AvgIpc) is 2.48. The van der Waals surface area contributed by atoms with E-state index in [-0.39, 0.29) is 5.56 Å². The maximum Gasteiger partial charge on any atom is 0.252 e. The fourth-order valence-electron chi connectivity index (χ4n) is 1.99. The number of hydrogen-bond donors (Lipinski definition) is 2. The minimum Gasteiger partial charge on any atom is -0.291 e. The van der Waals surface area contributed by atoms with Crippen LogP contribution in [-0.2, 0) is 6.42 Å². The summed E-state index contributed by atoms with van der Waals surface area (Å²) in [7, 11) is 0. The van der Waals surface area contributed by atoms with E-state index in [1.54, 1.807) is 6.21 Å². The predicted molar refractivity (Wildman–Crippen MR) is 91.1 cm³/mol. The first-order valence-corrected chi connectivity index (χ1v) is 7.30. The van der Waals surface area contributed by atoms with Crippen molar-refractivity contribution in [1.82, 2.24) is 9.97 Å². The van der Waals surface area contributed by atoms with E-state index in [1.807, 2.05) is 50.3 Å². The van der Waals surface area contributed by atoms with Crippen molar-refractivity contribution >= 4 is 18.2 Å². The first-order valence-electron chi connectivity index (χ1n) is 7.30. The summed E-state index contributed by atoms with van der Waals surface area (Å²) in [6.45, 7) is 4.01. The molecule has 0 fully saturated rings. The summed E-state index contributed by atoms with van der Waals surface area (Å²) < 4.78 is 0. The van der Waals surface area contributed by atoms with Gasteiger partial charge in [-0.25, -0.2) is 10.4 Å². The summed E-state index contributed by atoms with van der Waals surface area (Å²) in [4.78, 5) is 18.4. The smallest absolute Gasteiger partial charge is 0.252 e. The van der Waals surface area contributed by atoms with Crippen molar-refractivity contribution in [1.29, 1.82) is 0 Å². The zero-order chi connectivity index (χ0) is 15.8. The lowest BCUT2D eigenvalue weighted by Gasteiger charge is -2.02. The molecule has 2 N–H and O–H groups in total. The van der Waals surface area contributed by atoms with Gasteiger partial charge in [0.2, 0.25) is 5.95 Å². The summed E-state index contributed by atoms with van der Waals surface area (Å²) >= 11 is 0. The molecule has 0 bridgehead atoms. The van der Waals surface area contributed by atoms with Gasteiger partial charge < -0.3 is 0 Å². The van der Waals surface area contributed by atoms with Crippen LogP contribution in [0, 0.1) is 0 Å². The Kier molecular flexibility index (Phi) is 5.65. The minimum absolute atomic E-state index is 0.173. The highest BCUT2D eigenvalue weighted by molar-refractivity contribution is 5.85. The molecule has 0 saturated carbocycles. The lowest BCUT2D eigenvalue weighted by molar-refractivity contribution is 0.867. The van der Waals surface area contributed by atoms with Crippen LogP contribution in [-0.4, -0.2) is 16.2 Å². The fourth-order valence-corrected chi connectivity index (χ4v) is 1.99. The molecule has 1 aromatic heterocycles. The Hall–Kier alpha value is -2.69. The molecule has 1 heterocycles. The van der Waals surface area contributed by atoms with Crippen LogP contribution in [0.1, 0.15) is 31.5 Å². The van der Waals surface area contributed by atoms with Crippen LogP contribution in [0.2, 0.25) is 0 Å². The average molecular weight is 296 g/mol. The molecule has 0 radical (unpaired) electrons. The van der Waals surface area contributed by atoms with Crippen molar-refractivity contribution in [2.45, 2.75) is 26.7 Å². The van der Waals surface area contributed by atoms with Gasteiger partial charge in [-0.3, -0.25) is 9.78 Å². The molecule has 22 heavy (non-hydrogen) atoms. The van der Waals surface area contributed by atoms with E-state index < -0.39 is 0 Å². The molecule has 0 amide bonds. The van der Waals surface area contributed by atoms with Gasteiger partial charge in [-0.2, -0.15) is 5.10 Å². The third-order valence-electron chi connectivity index (χ3n) is 2.93. The number of benzene rings is 1. The Labute approximate surface area is 129 Å². The summed E-state index contributed by atoms with van der Waals surface area (Å²) in [5.74, 6) is 0.361. The van der Waals surface area contributed by atoms with E-state index in [0.29, 0.717) is 5.95 Å². The van der Waals surface area contributed by atoms with Gasteiger partial charge in [0.05, 0.1) is 6.21 Å². The normalized spacial score (nSPS) is 11.8. The quantitative estimate of drug-likeness (QED) is 0.635. The molecule has 5 nitrogen and oxygen atoms in total. The number of hydrogen-bond acceptors (Lipinski definition) is 4. The number of anilines is 1. The second kappa shape index (κ2) is 7.93. The molecule has 2 aromatic rings. The number of allylic oxidation sites excluding steroid dienone is 1. The molecule has 0 atom stereocenters. The van der Waals surface area contributed by atoms with Crippen LogP contribution in [0.25, 0.3) is 6.08 Å². The number of nitrogens with one attached hydrogen (secondary N) is 2. The summed E-state index contributed by atoms with van der Waals surface area (Å²) in [5.41, 5.74) is 5.46. The van der Waals surface area contributed by atoms with Crippen LogP contribution < -0.4 is 11.0 Å². The lowest BCUT2D eigenvalue weighted by Crippen LogP contribution is -2.11. The van der Waals surface area contributed by atoms with Crippen molar-refractivity contribution in [3.63, 3.8) is 0 Å². The largest absolute Gasteiger partial charge is 0.291 e. The Morgan fingerprint density at radius 1 is 1.36 bits per heavy atom. The Morgan fingerprint density at radius 2 is 2.14 bits per heavy atom. The molecule has 114 valence electrons. The highest BCUT2D eigenvalue weighted by Crippen LogP contribution is 2.05. The van der Waals surface area contributed by atoms with E-state index in [1.165, 1.54) is 6.07 Å². The van der Waals surface area contributed by atoms with E-state index in [0.717, 1.165) is 29.7 Å². The third-order valence-corrected chi connectivity index (χ3v) is 2.93. The summed E-state index contributed by atoms with van der Waals surface area (Å²) in [6.07, 6.45) is 5.43. The van der Waals surface area contributed by atoms with Gasteiger partial charge in [-0.15, -0.1) is 0 Å². The molecule has 2 rings (SSSR count). The van der Waals surface area contributed by atoms with Crippen LogP contribution >= 0.6 is 0 Å². The van der Waals surface area contributed by atoms with Crippen LogP contribution in [0.4, 0.5) is 5.95 Å². The zero-order valence-corrected chi connectivity index (χ0v) is 12.8. The predicted octanol–water partition coefficient (Wildman–Crippen LogP) is 3.22. The monoisotopic (exact) mass is 296 g/mol. The summed E-state index contributed by atoms with van der Waals surface area (Å²) in [5, 5.41) is 4.10. The third kappa shape index (κ3) is 5.01. The molecule has 1 aromatic carbocycles. The van der Waals surface area contributed by atoms with Crippen LogP contribution in [0.15, 0.2) is 51.9 Å². The van der Waals surface area contributed by atoms with Gasteiger partial charge in [-0.1, -0.05) is 49.8 Å². The van der Waals surface area contributed by atoms with E-state index >= 15 is 0 Å². The molecule has 0 aliphatic rings. The first kappa shape index (κ1) is 15.7. The number of H-pyrrole nitrogens is 1. The fraction of sp³-hybridized carbons (Fsp3) is 0.235. The number of hydrazone groups is 1. The maximum absolute atomic E-state index is 11.5. The number of rotatable bonds is 6. The Bertz CT molecular complexity index is 717. The van der Waals surface area contributed by atoms with Crippen LogP contribution in [0.3, 0.4) is 0 Å². The molecule has 0 unspecified atom stereocenters. The standard InChI is InChI=1S/C17H20N4O/c1-3-7-15-11-16(22)20-17(19-15)21-18-12-13(2)10-14-8-5-4-6-9-14/h4-6,8-12H,3,7H2,1-2H3,(H2,19,20,21,22). The number of aryl methyl sites for hydroxylation is 1. The van der Waals surface area contributed by atoms with Crippen molar-refractivity contribution in [2.24, 2.45) is 5.10 Å². The van der Waals surface area contributed by atoms with Gasteiger partial charge in [0, 0.05) is 11.8 Å². The lowest BCUT2D eigenvalue weighted by atomic mass is 10.1. The maximum atomic E-state index is 11.5. The molecule has 0 aliphatic carbocycles. The van der Waals surface area contributed by atoms with Gasteiger partial charge in [-0.05, 0) is 24.5 Å². The van der Waals surface area contributed by atoms with Gasteiger partial charge >= 0.3 is 0 Å². The summed E-state index contributed by atoms with van der Waals surface area (Å²) in [6, 6.07) is 11.5. The van der Waals surface area contributed by atoms with Crippen LogP contribution in [0.5, 0.6) is 0 Å². The topological polar surface area (TPSA) is 70.1 Å². The molecule has 5 heteroatoms. The van der Waals surface area contributed by atoms with E-state index in [9.17, 15) is 4.79 Å². The first-order chi connectivity index (χ1) is 10.7. The van der Waals surface area contributed by atoms with Crippen molar-refractivity contribution in [3.05, 3.63) is 63.6 Å². The van der Waals surface area contributed by atoms with Gasteiger partial charge in [0.15, 0.2) is 0 Å². The van der Waals surface area contributed by atoms with Crippen molar-refractivity contribution < 1.29 is 0 Å². The molecular formula is C17H20N4O. The minimum atomic E-state index is -0.173. The second-order valence-electron chi connectivity index (χ2n) is 5.00. The molecule has 0 aliphatic heterocycles. The Balaban J connectivity index is 2.03.